The molecule has 2 heterocycles. The van der Waals surface area contributed by atoms with Gasteiger partial charge in [0.05, 0.1) is 6.61 Å². The van der Waals surface area contributed by atoms with Crippen molar-refractivity contribution in [1.82, 2.24) is 15.5 Å². The maximum Gasteiger partial charge on any atom is 0.407 e. The van der Waals surface area contributed by atoms with Crippen LogP contribution in [0.2, 0.25) is 0 Å². The largest absolute Gasteiger partial charge is 0.450 e. The van der Waals surface area contributed by atoms with E-state index in [2.05, 4.69) is 10.6 Å². The lowest BCUT2D eigenvalue weighted by Crippen LogP contribution is -2.52. The Balaban J connectivity index is 1.27. The molecule has 1 aliphatic carbocycles. The second kappa shape index (κ2) is 8.85. The Bertz CT molecular complexity index is 864. The van der Waals surface area contributed by atoms with Crippen molar-refractivity contribution in [2.24, 2.45) is 5.92 Å². The van der Waals surface area contributed by atoms with Gasteiger partial charge in [0.15, 0.2) is 0 Å². The first kappa shape index (κ1) is 20.4. The number of carbonyl (C=O) groups excluding carboxylic acids is 4. The van der Waals surface area contributed by atoms with Gasteiger partial charge < -0.3 is 15.0 Å². The summed E-state index contributed by atoms with van der Waals surface area (Å²) in [6.07, 6.45) is 6.03. The van der Waals surface area contributed by atoms with Crippen molar-refractivity contribution in [2.75, 3.05) is 6.61 Å². The van der Waals surface area contributed by atoms with Crippen molar-refractivity contribution in [3.05, 3.63) is 34.9 Å². The van der Waals surface area contributed by atoms with Gasteiger partial charge in [-0.3, -0.25) is 19.7 Å². The van der Waals surface area contributed by atoms with E-state index in [9.17, 15) is 19.2 Å². The summed E-state index contributed by atoms with van der Waals surface area (Å²) in [5, 5.41) is 5.02. The average Bonchev–Trinajstić information content (AvgIpc) is 3.01. The van der Waals surface area contributed by atoms with Crippen molar-refractivity contribution < 1.29 is 23.9 Å². The first-order valence-electron chi connectivity index (χ1n) is 10.7. The number of carbonyl (C=O) groups is 4. The lowest BCUT2D eigenvalue weighted by Gasteiger charge is -2.29. The maximum absolute atomic E-state index is 12.8. The van der Waals surface area contributed by atoms with E-state index in [-0.39, 0.29) is 24.8 Å². The van der Waals surface area contributed by atoms with E-state index < -0.39 is 18.0 Å². The molecule has 1 aromatic rings. The summed E-state index contributed by atoms with van der Waals surface area (Å²) in [6.45, 7) is 1.03. The van der Waals surface area contributed by atoms with Gasteiger partial charge in [-0.25, -0.2) is 4.79 Å². The van der Waals surface area contributed by atoms with Gasteiger partial charge in [-0.15, -0.1) is 0 Å². The predicted molar refractivity (Wildman–Crippen MR) is 107 cm³/mol. The molecule has 0 bridgehead atoms. The highest BCUT2D eigenvalue weighted by Gasteiger charge is 2.39. The number of hydrogen-bond donors (Lipinski definition) is 2. The summed E-state index contributed by atoms with van der Waals surface area (Å²) in [4.78, 5) is 49.7. The molecule has 2 fully saturated rings. The van der Waals surface area contributed by atoms with E-state index in [1.54, 1.807) is 6.07 Å². The van der Waals surface area contributed by atoms with Crippen molar-refractivity contribution in [2.45, 2.75) is 64.1 Å². The van der Waals surface area contributed by atoms with Crippen LogP contribution in [0.1, 0.15) is 66.4 Å². The van der Waals surface area contributed by atoms with Crippen LogP contribution in [0.3, 0.4) is 0 Å². The second-order valence-electron chi connectivity index (χ2n) is 8.32. The van der Waals surface area contributed by atoms with Crippen LogP contribution < -0.4 is 10.6 Å². The number of nitrogens with one attached hydrogen (secondary N) is 2. The molecular formula is C22H27N3O5. The lowest BCUT2D eigenvalue weighted by molar-refractivity contribution is -0.136. The van der Waals surface area contributed by atoms with Crippen LogP contribution >= 0.6 is 0 Å². The summed E-state index contributed by atoms with van der Waals surface area (Å²) in [5.41, 5.74) is 2.17. The van der Waals surface area contributed by atoms with Crippen LogP contribution in [0.25, 0.3) is 0 Å². The van der Waals surface area contributed by atoms with E-state index in [1.165, 1.54) is 24.2 Å². The standard InChI is InChI=1S/C22H27N3O5/c26-19-9-8-18(20(27)24-19)25-13-16-7-6-15(11-17(16)21(25)28)12-23-22(29)30-10-2-5-14-3-1-4-14/h6-7,11,14,18H,1-5,8-10,12-13H2,(H,23,29)(H,24,26,27). The molecule has 3 aliphatic rings. The monoisotopic (exact) mass is 413 g/mol. The molecule has 4 rings (SSSR count). The smallest absolute Gasteiger partial charge is 0.407 e. The van der Waals surface area contributed by atoms with Gasteiger partial charge in [0, 0.05) is 25.1 Å². The molecule has 1 saturated carbocycles. The lowest BCUT2D eigenvalue weighted by atomic mass is 9.82. The van der Waals surface area contributed by atoms with E-state index in [4.69, 9.17) is 4.74 Å². The molecular weight excluding hydrogens is 386 g/mol. The van der Waals surface area contributed by atoms with Crippen LogP contribution in [-0.4, -0.2) is 41.4 Å². The second-order valence-corrected chi connectivity index (χ2v) is 8.32. The summed E-state index contributed by atoms with van der Waals surface area (Å²) in [5.74, 6) is -0.140. The van der Waals surface area contributed by atoms with Crippen molar-refractivity contribution >= 4 is 23.8 Å². The number of piperidine rings is 1. The Morgan fingerprint density at radius 3 is 2.77 bits per heavy atom. The van der Waals surface area contributed by atoms with Gasteiger partial charge in [-0.05, 0) is 42.4 Å². The van der Waals surface area contributed by atoms with Crippen molar-refractivity contribution in [3.63, 3.8) is 0 Å². The number of ether oxygens (including phenoxy) is 1. The zero-order valence-corrected chi connectivity index (χ0v) is 16.9. The quantitative estimate of drug-likeness (QED) is 0.527. The molecule has 0 radical (unpaired) electrons. The number of nitrogens with zero attached hydrogens (tertiary/aromatic N) is 1. The number of benzene rings is 1. The highest BCUT2D eigenvalue weighted by atomic mass is 16.5. The Labute approximate surface area is 175 Å². The third kappa shape index (κ3) is 4.47. The van der Waals surface area contributed by atoms with E-state index in [1.807, 2.05) is 12.1 Å². The minimum Gasteiger partial charge on any atom is -0.450 e. The van der Waals surface area contributed by atoms with Gasteiger partial charge in [0.1, 0.15) is 6.04 Å². The van der Waals surface area contributed by atoms with Crippen LogP contribution in [0.15, 0.2) is 18.2 Å². The number of rotatable bonds is 7. The molecule has 8 nitrogen and oxygen atoms in total. The molecule has 30 heavy (non-hydrogen) atoms. The van der Waals surface area contributed by atoms with Crippen LogP contribution in [-0.2, 0) is 27.4 Å². The van der Waals surface area contributed by atoms with E-state index in [0.29, 0.717) is 25.1 Å². The Morgan fingerprint density at radius 2 is 2.03 bits per heavy atom. The van der Waals surface area contributed by atoms with Gasteiger partial charge in [-0.2, -0.15) is 0 Å². The van der Waals surface area contributed by atoms with Gasteiger partial charge in [0.25, 0.3) is 5.91 Å². The number of fused-ring (bicyclic) bond motifs is 1. The topological polar surface area (TPSA) is 105 Å². The van der Waals surface area contributed by atoms with Crippen LogP contribution in [0.5, 0.6) is 0 Å². The van der Waals surface area contributed by atoms with Crippen LogP contribution in [0.4, 0.5) is 4.79 Å². The number of hydrogen-bond acceptors (Lipinski definition) is 5. The number of amides is 4. The minimum atomic E-state index is -0.626. The highest BCUT2D eigenvalue weighted by molar-refractivity contribution is 6.05. The van der Waals surface area contributed by atoms with E-state index >= 15 is 0 Å². The number of alkyl carbamates (subject to hydrolysis) is 1. The molecule has 4 amide bonds. The van der Waals surface area contributed by atoms with E-state index in [0.717, 1.165) is 29.9 Å². The number of imide groups is 1. The fourth-order valence-electron chi connectivity index (χ4n) is 4.26. The average molecular weight is 413 g/mol. The SMILES string of the molecule is O=C1CCC(N2Cc3ccc(CNC(=O)OCCCC4CCC4)cc3C2=O)C(=O)N1. The molecule has 8 heteroatoms. The molecule has 1 aromatic carbocycles. The third-order valence-electron chi connectivity index (χ3n) is 6.24. The molecule has 2 N–H and O–H groups in total. The Hall–Kier alpha value is -2.90. The highest BCUT2D eigenvalue weighted by Crippen LogP contribution is 2.30. The normalized spacial score (nSPS) is 21.1. The third-order valence-corrected chi connectivity index (χ3v) is 6.24. The maximum atomic E-state index is 12.8. The summed E-state index contributed by atoms with van der Waals surface area (Å²) in [7, 11) is 0. The molecule has 2 aliphatic heterocycles. The zero-order chi connectivity index (χ0) is 21.1. The fourth-order valence-corrected chi connectivity index (χ4v) is 4.26. The minimum absolute atomic E-state index is 0.222. The van der Waals surface area contributed by atoms with Crippen molar-refractivity contribution in [3.8, 4) is 0 Å². The van der Waals surface area contributed by atoms with Crippen molar-refractivity contribution in [1.29, 1.82) is 0 Å². The van der Waals surface area contributed by atoms with Gasteiger partial charge in [0.2, 0.25) is 11.8 Å². The molecule has 160 valence electrons. The predicted octanol–water partition coefficient (Wildman–Crippen LogP) is 2.25. The molecule has 1 saturated heterocycles. The molecule has 1 atom stereocenters. The molecule has 0 spiro atoms. The summed E-state index contributed by atoms with van der Waals surface area (Å²) < 4.78 is 5.22. The first-order chi connectivity index (χ1) is 14.5. The zero-order valence-electron chi connectivity index (χ0n) is 16.9. The summed E-state index contributed by atoms with van der Waals surface area (Å²) >= 11 is 0. The van der Waals surface area contributed by atoms with Gasteiger partial charge >= 0.3 is 6.09 Å². The fraction of sp³-hybridized carbons (Fsp3) is 0.545. The van der Waals surface area contributed by atoms with Gasteiger partial charge in [-0.1, -0.05) is 31.4 Å². The molecule has 0 aromatic heterocycles. The van der Waals surface area contributed by atoms with Crippen LogP contribution in [0, 0.1) is 5.92 Å². The summed E-state index contributed by atoms with van der Waals surface area (Å²) in [6, 6.07) is 4.83. The molecule has 1 unspecified atom stereocenters. The Morgan fingerprint density at radius 1 is 1.20 bits per heavy atom. The first-order valence-corrected chi connectivity index (χ1v) is 10.7. The Kier molecular flexibility index (Phi) is 6.01.